The number of ketones is 1. The van der Waals surface area contributed by atoms with E-state index in [1.54, 1.807) is 6.07 Å². The Morgan fingerprint density at radius 2 is 1.86 bits per heavy atom. The Hall–Kier alpha value is -2.16. The molecule has 0 fully saturated rings. The molecule has 1 atom stereocenters. The highest BCUT2D eigenvalue weighted by molar-refractivity contribution is 8.00. The lowest BCUT2D eigenvalue weighted by molar-refractivity contribution is 0.0993. The molecule has 0 radical (unpaired) electrons. The maximum absolute atomic E-state index is 12.8. The predicted molar refractivity (Wildman–Crippen MR) is 110 cm³/mol. The highest BCUT2D eigenvalue weighted by atomic mass is 32.2. The van der Waals surface area contributed by atoms with Crippen LogP contribution in [0.25, 0.3) is 11.1 Å². The highest BCUT2D eigenvalue weighted by Crippen LogP contribution is 2.30. The molecule has 3 rings (SSSR count). The second kappa shape index (κ2) is 7.69. The van der Waals surface area contributed by atoms with Crippen LogP contribution in [0, 0.1) is 13.8 Å². The first kappa shape index (κ1) is 20.6. The number of hydrogen-bond acceptors (Lipinski definition) is 6. The summed E-state index contributed by atoms with van der Waals surface area (Å²) in [7, 11) is -0.597. The Kier molecular flexibility index (Phi) is 5.65. The Morgan fingerprint density at radius 1 is 1.14 bits per heavy atom. The molecule has 3 aromatic rings. The van der Waals surface area contributed by atoms with Crippen molar-refractivity contribution in [1.82, 2.24) is 9.29 Å². The minimum Gasteiger partial charge on any atom is -0.431 e. The van der Waals surface area contributed by atoms with Crippen LogP contribution in [-0.4, -0.2) is 42.8 Å². The van der Waals surface area contributed by atoms with E-state index in [9.17, 15) is 13.2 Å². The van der Waals surface area contributed by atoms with E-state index in [0.29, 0.717) is 21.9 Å². The predicted octanol–water partition coefficient (Wildman–Crippen LogP) is 4.06. The lowest BCUT2D eigenvalue weighted by Gasteiger charge is -2.10. The van der Waals surface area contributed by atoms with E-state index in [2.05, 4.69) is 4.98 Å². The first-order valence-corrected chi connectivity index (χ1v) is 11.0. The van der Waals surface area contributed by atoms with Crippen LogP contribution in [0.5, 0.6) is 0 Å². The Balaban J connectivity index is 1.86. The third kappa shape index (κ3) is 3.99. The average Bonchev–Trinajstić information content (AvgIpc) is 3.04. The number of rotatable bonds is 6. The maximum atomic E-state index is 12.8. The van der Waals surface area contributed by atoms with Gasteiger partial charge in [-0.1, -0.05) is 29.5 Å². The third-order valence-electron chi connectivity index (χ3n) is 4.42. The van der Waals surface area contributed by atoms with E-state index in [4.69, 9.17) is 4.42 Å². The van der Waals surface area contributed by atoms with Crippen LogP contribution in [-0.2, 0) is 10.0 Å². The van der Waals surface area contributed by atoms with Crippen molar-refractivity contribution in [2.75, 3.05) is 14.1 Å². The zero-order valence-corrected chi connectivity index (χ0v) is 18.0. The van der Waals surface area contributed by atoms with Crippen LogP contribution >= 0.6 is 11.8 Å². The number of fused-ring (bicyclic) bond motifs is 1. The van der Waals surface area contributed by atoms with Gasteiger partial charge in [0, 0.05) is 19.7 Å². The molecule has 1 heterocycles. The molecule has 8 heteroatoms. The summed E-state index contributed by atoms with van der Waals surface area (Å²) in [6.07, 6.45) is 0. The van der Waals surface area contributed by atoms with Crippen molar-refractivity contribution in [3.05, 3.63) is 53.1 Å². The summed E-state index contributed by atoms with van der Waals surface area (Å²) < 4.78 is 31.4. The first-order valence-electron chi connectivity index (χ1n) is 8.71. The van der Waals surface area contributed by atoms with Crippen LogP contribution in [0.4, 0.5) is 0 Å². The van der Waals surface area contributed by atoms with Crippen molar-refractivity contribution in [3.8, 4) is 0 Å². The lowest BCUT2D eigenvalue weighted by atomic mass is 10.0. The summed E-state index contributed by atoms with van der Waals surface area (Å²) in [5, 5.41) is -0.0564. The van der Waals surface area contributed by atoms with Gasteiger partial charge >= 0.3 is 0 Å². The van der Waals surface area contributed by atoms with Crippen molar-refractivity contribution in [1.29, 1.82) is 0 Å². The quantitative estimate of drug-likeness (QED) is 0.444. The Morgan fingerprint density at radius 3 is 2.54 bits per heavy atom. The fourth-order valence-corrected chi connectivity index (χ4v) is 4.48. The van der Waals surface area contributed by atoms with Crippen molar-refractivity contribution in [2.24, 2.45) is 0 Å². The number of thioether (sulfide) groups is 1. The summed E-state index contributed by atoms with van der Waals surface area (Å²) in [6, 6.07) is 10.4. The molecule has 148 valence electrons. The molecule has 0 saturated heterocycles. The molecule has 0 bridgehead atoms. The van der Waals surface area contributed by atoms with Crippen molar-refractivity contribution >= 4 is 38.7 Å². The summed E-state index contributed by atoms with van der Waals surface area (Å²) in [4.78, 5) is 17.3. The van der Waals surface area contributed by atoms with Gasteiger partial charge in [0.15, 0.2) is 11.4 Å². The normalized spacial score (nSPS) is 13.2. The standard InChI is InChI=1S/C20H22N2O4S2/c1-12-6-7-13(2)16(10-12)19(23)14(3)27-20-21-17-11-15(8-9-18(17)26-20)28(24,25)22(4)5/h6-11,14H,1-5H3/t14-/m1/s1. The average molecular weight is 419 g/mol. The zero-order valence-electron chi connectivity index (χ0n) is 16.4. The van der Waals surface area contributed by atoms with E-state index < -0.39 is 15.3 Å². The molecule has 6 nitrogen and oxygen atoms in total. The molecular formula is C20H22N2O4S2. The molecule has 0 saturated carbocycles. The van der Waals surface area contributed by atoms with Gasteiger partial charge in [-0.15, -0.1) is 0 Å². The minimum atomic E-state index is -3.55. The highest BCUT2D eigenvalue weighted by Gasteiger charge is 2.22. The number of aromatic nitrogens is 1. The molecule has 0 aliphatic heterocycles. The lowest BCUT2D eigenvalue weighted by Crippen LogP contribution is -2.22. The third-order valence-corrected chi connectivity index (χ3v) is 7.18. The van der Waals surface area contributed by atoms with Gasteiger partial charge in [-0.25, -0.2) is 17.7 Å². The number of hydrogen-bond donors (Lipinski definition) is 0. The largest absolute Gasteiger partial charge is 0.431 e. The van der Waals surface area contributed by atoms with Gasteiger partial charge in [0.05, 0.1) is 10.1 Å². The SMILES string of the molecule is Cc1ccc(C)c(C(=O)[C@@H](C)Sc2nc3cc(S(=O)(=O)N(C)C)ccc3o2)c1. The van der Waals surface area contributed by atoms with Crippen molar-refractivity contribution in [2.45, 2.75) is 36.1 Å². The number of carbonyl (C=O) groups excluding carboxylic acids is 1. The molecule has 0 amide bonds. The molecule has 2 aromatic carbocycles. The number of nitrogens with zero attached hydrogens (tertiary/aromatic N) is 2. The number of oxazole rings is 1. The van der Waals surface area contributed by atoms with Crippen LogP contribution in [0.1, 0.15) is 28.4 Å². The molecule has 0 N–H and O–H groups in total. The van der Waals surface area contributed by atoms with Gasteiger partial charge in [-0.05, 0) is 50.6 Å². The second-order valence-corrected chi connectivity index (χ2v) is 10.3. The van der Waals surface area contributed by atoms with Crippen LogP contribution in [0.15, 0.2) is 50.9 Å². The van der Waals surface area contributed by atoms with Gasteiger partial charge in [-0.3, -0.25) is 4.79 Å². The minimum absolute atomic E-state index is 0.00401. The summed E-state index contributed by atoms with van der Waals surface area (Å²) in [5.41, 5.74) is 3.57. The van der Waals surface area contributed by atoms with E-state index in [0.717, 1.165) is 15.4 Å². The van der Waals surface area contributed by atoms with Gasteiger partial charge < -0.3 is 4.42 Å². The van der Waals surface area contributed by atoms with Crippen LogP contribution in [0.2, 0.25) is 0 Å². The Bertz CT molecular complexity index is 1150. The van der Waals surface area contributed by atoms with Gasteiger partial charge in [0.25, 0.3) is 5.22 Å². The molecule has 0 spiro atoms. The number of benzene rings is 2. The second-order valence-electron chi connectivity index (χ2n) is 6.84. The molecule has 0 aliphatic carbocycles. The molecule has 1 aromatic heterocycles. The van der Waals surface area contributed by atoms with Crippen LogP contribution in [0.3, 0.4) is 0 Å². The summed E-state index contributed by atoms with van der Waals surface area (Å²) in [5.74, 6) is 0.00401. The number of carbonyl (C=O) groups is 1. The smallest absolute Gasteiger partial charge is 0.257 e. The van der Waals surface area contributed by atoms with Crippen LogP contribution < -0.4 is 0 Å². The topological polar surface area (TPSA) is 80.5 Å². The Labute approximate surface area is 169 Å². The van der Waals surface area contributed by atoms with E-state index in [1.165, 1.54) is 38.0 Å². The fraction of sp³-hybridized carbons (Fsp3) is 0.300. The molecule has 28 heavy (non-hydrogen) atoms. The summed E-state index contributed by atoms with van der Waals surface area (Å²) >= 11 is 1.22. The van der Waals surface area contributed by atoms with Gasteiger partial charge in [0.1, 0.15) is 5.52 Å². The van der Waals surface area contributed by atoms with E-state index >= 15 is 0 Å². The summed E-state index contributed by atoms with van der Waals surface area (Å²) in [6.45, 7) is 5.68. The van der Waals surface area contributed by atoms with Crippen molar-refractivity contribution < 1.29 is 17.6 Å². The molecule has 0 aliphatic rings. The van der Waals surface area contributed by atoms with Crippen molar-refractivity contribution in [3.63, 3.8) is 0 Å². The fourth-order valence-electron chi connectivity index (χ4n) is 2.73. The number of Topliss-reactive ketones (excluding diaryl/α,β-unsaturated/α-hetero) is 1. The van der Waals surface area contributed by atoms with E-state index in [-0.39, 0.29) is 10.7 Å². The van der Waals surface area contributed by atoms with E-state index in [1.807, 2.05) is 39.0 Å². The maximum Gasteiger partial charge on any atom is 0.257 e. The van der Waals surface area contributed by atoms with Gasteiger partial charge in [0.2, 0.25) is 10.0 Å². The number of aryl methyl sites for hydroxylation is 2. The monoisotopic (exact) mass is 418 g/mol. The zero-order chi connectivity index (χ0) is 20.6. The molecule has 0 unspecified atom stereocenters. The first-order chi connectivity index (χ1) is 13.1. The number of sulfonamides is 1. The van der Waals surface area contributed by atoms with Gasteiger partial charge in [-0.2, -0.15) is 0 Å². The molecular weight excluding hydrogens is 396 g/mol.